The molecule has 24 heavy (non-hydrogen) atoms. The molecule has 0 saturated carbocycles. The summed E-state index contributed by atoms with van der Waals surface area (Å²) in [6.45, 7) is 3.30. The van der Waals surface area contributed by atoms with Gasteiger partial charge in [0.2, 0.25) is 6.79 Å². The number of hydrogen-bond donors (Lipinski definition) is 2. The lowest BCUT2D eigenvalue weighted by atomic mass is 10.2. The first kappa shape index (κ1) is 16.1. The van der Waals surface area contributed by atoms with Gasteiger partial charge in [-0.1, -0.05) is 19.8 Å². The summed E-state index contributed by atoms with van der Waals surface area (Å²) in [7, 11) is 0. The summed E-state index contributed by atoms with van der Waals surface area (Å²) in [5.41, 5.74) is 1.45. The van der Waals surface area contributed by atoms with E-state index in [9.17, 15) is 4.79 Å². The van der Waals surface area contributed by atoms with Crippen LogP contribution in [0.5, 0.6) is 11.5 Å². The summed E-state index contributed by atoms with van der Waals surface area (Å²) in [6, 6.07) is 8.79. The highest BCUT2D eigenvalue weighted by Crippen LogP contribution is 2.32. The number of unbranched alkanes of at least 4 members (excludes halogenated alkanes) is 2. The first-order valence-electron chi connectivity index (χ1n) is 8.17. The lowest BCUT2D eigenvalue weighted by molar-refractivity contribution is 0.102. The molecule has 1 amide bonds. The van der Waals surface area contributed by atoms with Gasteiger partial charge in [-0.2, -0.15) is 0 Å². The van der Waals surface area contributed by atoms with E-state index in [4.69, 9.17) is 9.47 Å². The Bertz CT molecular complexity index is 701. The Morgan fingerprint density at radius 3 is 2.83 bits per heavy atom. The first-order valence-corrected chi connectivity index (χ1v) is 8.17. The van der Waals surface area contributed by atoms with Crippen molar-refractivity contribution in [3.05, 3.63) is 42.1 Å². The largest absolute Gasteiger partial charge is 0.454 e. The van der Waals surface area contributed by atoms with Gasteiger partial charge in [-0.25, -0.2) is 4.98 Å². The van der Waals surface area contributed by atoms with Crippen molar-refractivity contribution in [2.24, 2.45) is 0 Å². The number of rotatable bonds is 7. The Balaban J connectivity index is 1.56. The second kappa shape index (κ2) is 7.68. The molecule has 126 valence electrons. The lowest BCUT2D eigenvalue weighted by Crippen LogP contribution is -2.13. The molecule has 1 aromatic heterocycles. The van der Waals surface area contributed by atoms with E-state index in [1.54, 1.807) is 30.5 Å². The van der Waals surface area contributed by atoms with Crippen molar-refractivity contribution < 1.29 is 14.3 Å². The molecule has 0 aliphatic carbocycles. The molecule has 3 rings (SSSR count). The number of carbonyl (C=O) groups excluding carboxylic acids is 1. The standard InChI is InChI=1S/C18H21N3O3/c1-2-3-4-9-19-14-6-8-17(20-11-14)21-18(22)13-5-7-15-16(10-13)24-12-23-15/h5-8,10-11,19H,2-4,9,12H2,1H3,(H,20,21,22). The van der Waals surface area contributed by atoms with Gasteiger partial charge in [-0.15, -0.1) is 0 Å². The number of nitrogens with zero attached hydrogens (tertiary/aromatic N) is 1. The molecular formula is C18H21N3O3. The quantitative estimate of drug-likeness (QED) is 0.759. The number of aromatic nitrogens is 1. The highest BCUT2D eigenvalue weighted by Gasteiger charge is 2.16. The summed E-state index contributed by atoms with van der Waals surface area (Å²) in [5.74, 6) is 1.52. The van der Waals surface area contributed by atoms with Crippen molar-refractivity contribution in [3.8, 4) is 11.5 Å². The van der Waals surface area contributed by atoms with Gasteiger partial charge < -0.3 is 20.1 Å². The van der Waals surface area contributed by atoms with Crippen LogP contribution >= 0.6 is 0 Å². The molecule has 1 aliphatic heterocycles. The zero-order valence-electron chi connectivity index (χ0n) is 13.7. The minimum atomic E-state index is -0.232. The summed E-state index contributed by atoms with van der Waals surface area (Å²) < 4.78 is 10.5. The zero-order chi connectivity index (χ0) is 16.8. The van der Waals surface area contributed by atoms with E-state index in [-0.39, 0.29) is 12.7 Å². The molecular weight excluding hydrogens is 306 g/mol. The van der Waals surface area contributed by atoms with Crippen molar-refractivity contribution in [1.82, 2.24) is 4.98 Å². The molecule has 0 spiro atoms. The maximum Gasteiger partial charge on any atom is 0.256 e. The van der Waals surface area contributed by atoms with Crippen molar-refractivity contribution in [2.45, 2.75) is 26.2 Å². The predicted molar refractivity (Wildman–Crippen MR) is 92.8 cm³/mol. The summed E-state index contributed by atoms with van der Waals surface area (Å²) >= 11 is 0. The van der Waals surface area contributed by atoms with Crippen LogP contribution in [0.25, 0.3) is 0 Å². The fourth-order valence-corrected chi connectivity index (χ4v) is 2.41. The average Bonchev–Trinajstić information content (AvgIpc) is 3.08. The van der Waals surface area contributed by atoms with Gasteiger partial charge in [0, 0.05) is 12.1 Å². The second-order valence-electron chi connectivity index (χ2n) is 5.59. The Morgan fingerprint density at radius 2 is 2.04 bits per heavy atom. The average molecular weight is 327 g/mol. The molecule has 0 bridgehead atoms. The minimum absolute atomic E-state index is 0.189. The van der Waals surface area contributed by atoms with Crippen LogP contribution in [0.3, 0.4) is 0 Å². The van der Waals surface area contributed by atoms with E-state index in [0.717, 1.165) is 18.7 Å². The van der Waals surface area contributed by atoms with E-state index < -0.39 is 0 Å². The smallest absolute Gasteiger partial charge is 0.256 e. The summed E-state index contributed by atoms with van der Waals surface area (Å²) in [5, 5.41) is 6.09. The van der Waals surface area contributed by atoms with Crippen LogP contribution in [-0.4, -0.2) is 24.2 Å². The number of pyridine rings is 1. The highest BCUT2D eigenvalue weighted by atomic mass is 16.7. The van der Waals surface area contributed by atoms with E-state index in [0.29, 0.717) is 22.9 Å². The topological polar surface area (TPSA) is 72.5 Å². The maximum atomic E-state index is 12.3. The Kier molecular flexibility index (Phi) is 5.15. The van der Waals surface area contributed by atoms with Crippen molar-refractivity contribution in [3.63, 3.8) is 0 Å². The van der Waals surface area contributed by atoms with Crippen LogP contribution in [0.4, 0.5) is 11.5 Å². The van der Waals surface area contributed by atoms with Crippen molar-refractivity contribution in [2.75, 3.05) is 24.0 Å². The molecule has 1 aliphatic rings. The van der Waals surface area contributed by atoms with E-state index in [1.807, 2.05) is 6.07 Å². The first-order chi connectivity index (χ1) is 11.8. The Hall–Kier alpha value is -2.76. The van der Waals surface area contributed by atoms with Gasteiger partial charge in [0.15, 0.2) is 11.5 Å². The number of amides is 1. The second-order valence-corrected chi connectivity index (χ2v) is 5.59. The number of carbonyl (C=O) groups is 1. The lowest BCUT2D eigenvalue weighted by Gasteiger charge is -2.08. The molecule has 0 radical (unpaired) electrons. The van der Waals surface area contributed by atoms with Crippen LogP contribution < -0.4 is 20.1 Å². The molecule has 0 unspecified atom stereocenters. The zero-order valence-corrected chi connectivity index (χ0v) is 13.7. The molecule has 0 fully saturated rings. The number of benzene rings is 1. The molecule has 2 heterocycles. The third-order valence-corrected chi connectivity index (χ3v) is 3.75. The Morgan fingerprint density at radius 1 is 1.17 bits per heavy atom. The van der Waals surface area contributed by atoms with Gasteiger partial charge in [-0.3, -0.25) is 4.79 Å². The maximum absolute atomic E-state index is 12.3. The molecule has 6 nitrogen and oxygen atoms in total. The van der Waals surface area contributed by atoms with E-state index >= 15 is 0 Å². The number of anilines is 2. The van der Waals surface area contributed by atoms with Gasteiger partial charge >= 0.3 is 0 Å². The van der Waals surface area contributed by atoms with E-state index in [2.05, 4.69) is 22.5 Å². The fraction of sp³-hybridized carbons (Fsp3) is 0.333. The molecule has 0 saturated heterocycles. The molecule has 1 aromatic carbocycles. The molecule has 0 atom stereocenters. The van der Waals surface area contributed by atoms with Crippen LogP contribution in [0.15, 0.2) is 36.5 Å². The van der Waals surface area contributed by atoms with Crippen molar-refractivity contribution in [1.29, 1.82) is 0 Å². The molecule has 2 aromatic rings. The van der Waals surface area contributed by atoms with E-state index in [1.165, 1.54) is 12.8 Å². The van der Waals surface area contributed by atoms with Gasteiger partial charge in [0.05, 0.1) is 11.9 Å². The van der Waals surface area contributed by atoms with Crippen LogP contribution in [0.2, 0.25) is 0 Å². The third-order valence-electron chi connectivity index (χ3n) is 3.75. The highest BCUT2D eigenvalue weighted by molar-refractivity contribution is 6.04. The number of fused-ring (bicyclic) bond motifs is 1. The van der Waals surface area contributed by atoms with Crippen LogP contribution in [0, 0.1) is 0 Å². The van der Waals surface area contributed by atoms with Crippen LogP contribution in [-0.2, 0) is 0 Å². The third kappa shape index (κ3) is 3.95. The fourth-order valence-electron chi connectivity index (χ4n) is 2.41. The Labute approximate surface area is 141 Å². The van der Waals surface area contributed by atoms with Gasteiger partial charge in [-0.05, 0) is 36.8 Å². The molecule has 6 heteroatoms. The number of hydrogen-bond acceptors (Lipinski definition) is 5. The van der Waals surface area contributed by atoms with Crippen LogP contribution in [0.1, 0.15) is 36.5 Å². The number of ether oxygens (including phenoxy) is 2. The summed E-state index contributed by atoms with van der Waals surface area (Å²) in [6.07, 6.45) is 5.27. The summed E-state index contributed by atoms with van der Waals surface area (Å²) in [4.78, 5) is 16.5. The monoisotopic (exact) mass is 327 g/mol. The normalized spacial score (nSPS) is 12.0. The predicted octanol–water partition coefficient (Wildman–Crippen LogP) is 3.66. The minimum Gasteiger partial charge on any atom is -0.454 e. The SMILES string of the molecule is CCCCCNc1ccc(NC(=O)c2ccc3c(c2)OCO3)nc1. The molecule has 2 N–H and O–H groups in total. The van der Waals surface area contributed by atoms with Gasteiger partial charge in [0.25, 0.3) is 5.91 Å². The van der Waals surface area contributed by atoms with Crippen molar-refractivity contribution >= 4 is 17.4 Å². The number of nitrogens with one attached hydrogen (secondary N) is 2. The van der Waals surface area contributed by atoms with Gasteiger partial charge in [0.1, 0.15) is 5.82 Å².